The van der Waals surface area contributed by atoms with Crippen molar-refractivity contribution in [2.24, 2.45) is 0 Å². The zero-order valence-electron chi connectivity index (χ0n) is 11.0. The summed E-state index contributed by atoms with van der Waals surface area (Å²) in [5, 5.41) is 11.6. The van der Waals surface area contributed by atoms with Crippen LogP contribution in [0.4, 0.5) is 8.78 Å². The van der Waals surface area contributed by atoms with Crippen LogP contribution >= 0.6 is 11.3 Å². The van der Waals surface area contributed by atoms with Crippen LogP contribution in [0.25, 0.3) is 0 Å². The molecular formula is C12H20F2N2OS. The predicted octanol–water partition coefficient (Wildman–Crippen LogP) is 2.50. The SMILES string of the molecule is CC(C)(C)c1csc(CN(CCO)CC(F)F)n1. The third-order valence-corrected chi connectivity index (χ3v) is 3.33. The number of thiazole rings is 1. The number of rotatable bonds is 6. The van der Waals surface area contributed by atoms with Crippen molar-refractivity contribution in [3.8, 4) is 0 Å². The van der Waals surface area contributed by atoms with Crippen LogP contribution in [0.1, 0.15) is 31.5 Å². The van der Waals surface area contributed by atoms with Gasteiger partial charge in [0.25, 0.3) is 6.43 Å². The normalized spacial score (nSPS) is 12.7. The zero-order valence-corrected chi connectivity index (χ0v) is 11.8. The van der Waals surface area contributed by atoms with Crippen LogP contribution in [-0.2, 0) is 12.0 Å². The Balaban J connectivity index is 2.66. The molecule has 0 saturated carbocycles. The lowest BCUT2D eigenvalue weighted by Crippen LogP contribution is -2.31. The van der Waals surface area contributed by atoms with E-state index in [0.29, 0.717) is 6.54 Å². The molecule has 104 valence electrons. The minimum absolute atomic E-state index is 0.0285. The van der Waals surface area contributed by atoms with Crippen molar-refractivity contribution < 1.29 is 13.9 Å². The summed E-state index contributed by atoms with van der Waals surface area (Å²) >= 11 is 1.48. The van der Waals surface area contributed by atoms with E-state index in [-0.39, 0.29) is 25.1 Å². The van der Waals surface area contributed by atoms with Crippen molar-refractivity contribution in [1.29, 1.82) is 0 Å². The van der Waals surface area contributed by atoms with Gasteiger partial charge in [0.15, 0.2) is 0 Å². The zero-order chi connectivity index (χ0) is 13.8. The molecule has 0 aliphatic carbocycles. The number of hydrogen-bond donors (Lipinski definition) is 1. The van der Waals surface area contributed by atoms with E-state index in [1.165, 1.54) is 16.2 Å². The minimum atomic E-state index is -2.39. The molecule has 18 heavy (non-hydrogen) atoms. The number of hydrogen-bond acceptors (Lipinski definition) is 4. The fourth-order valence-corrected chi connectivity index (χ4v) is 2.55. The molecule has 0 spiro atoms. The van der Waals surface area contributed by atoms with Gasteiger partial charge in [0.05, 0.1) is 25.4 Å². The molecule has 1 N–H and O–H groups in total. The Morgan fingerprint density at radius 2 is 2.11 bits per heavy atom. The second kappa shape index (κ2) is 6.54. The number of aliphatic hydroxyl groups excluding tert-OH is 1. The fraction of sp³-hybridized carbons (Fsp3) is 0.750. The lowest BCUT2D eigenvalue weighted by molar-refractivity contribution is 0.0746. The van der Waals surface area contributed by atoms with E-state index in [9.17, 15) is 8.78 Å². The molecule has 0 saturated heterocycles. The largest absolute Gasteiger partial charge is 0.395 e. The van der Waals surface area contributed by atoms with Crippen molar-refractivity contribution in [1.82, 2.24) is 9.88 Å². The van der Waals surface area contributed by atoms with E-state index >= 15 is 0 Å². The Kier molecular flexibility index (Phi) is 5.62. The first-order valence-corrected chi connectivity index (χ1v) is 6.77. The molecule has 0 fully saturated rings. The van der Waals surface area contributed by atoms with Gasteiger partial charge in [-0.15, -0.1) is 11.3 Å². The first-order valence-electron chi connectivity index (χ1n) is 5.89. The minimum Gasteiger partial charge on any atom is -0.395 e. The molecule has 6 heteroatoms. The maximum absolute atomic E-state index is 12.4. The molecule has 1 rings (SSSR count). The Bertz CT molecular complexity index is 363. The average molecular weight is 278 g/mol. The Morgan fingerprint density at radius 1 is 1.44 bits per heavy atom. The van der Waals surface area contributed by atoms with Crippen LogP contribution < -0.4 is 0 Å². The van der Waals surface area contributed by atoms with Crippen LogP contribution in [0.5, 0.6) is 0 Å². The first-order chi connectivity index (χ1) is 8.32. The maximum atomic E-state index is 12.4. The lowest BCUT2D eigenvalue weighted by Gasteiger charge is -2.19. The van der Waals surface area contributed by atoms with E-state index in [4.69, 9.17) is 5.11 Å². The van der Waals surface area contributed by atoms with E-state index in [2.05, 4.69) is 25.8 Å². The van der Waals surface area contributed by atoms with E-state index in [1.54, 1.807) is 0 Å². The van der Waals surface area contributed by atoms with Gasteiger partial charge in [-0.25, -0.2) is 13.8 Å². The fourth-order valence-electron chi connectivity index (χ4n) is 1.49. The van der Waals surface area contributed by atoms with Gasteiger partial charge >= 0.3 is 0 Å². The highest BCUT2D eigenvalue weighted by atomic mass is 32.1. The summed E-state index contributed by atoms with van der Waals surface area (Å²) in [6.07, 6.45) is -2.39. The van der Waals surface area contributed by atoms with Crippen LogP contribution in [-0.4, -0.2) is 41.1 Å². The summed E-state index contributed by atoms with van der Waals surface area (Å²) in [6, 6.07) is 0. The van der Waals surface area contributed by atoms with Gasteiger partial charge in [0, 0.05) is 17.3 Å². The van der Waals surface area contributed by atoms with Gasteiger partial charge < -0.3 is 5.11 Å². The summed E-state index contributed by atoms with van der Waals surface area (Å²) in [7, 11) is 0. The first kappa shape index (κ1) is 15.5. The molecule has 1 aromatic heterocycles. The van der Waals surface area contributed by atoms with Crippen molar-refractivity contribution >= 4 is 11.3 Å². The highest BCUT2D eigenvalue weighted by Gasteiger charge is 2.19. The molecule has 1 aromatic rings. The number of aromatic nitrogens is 1. The van der Waals surface area contributed by atoms with Gasteiger partial charge in [-0.2, -0.15) is 0 Å². The number of nitrogens with zero attached hydrogens (tertiary/aromatic N) is 2. The maximum Gasteiger partial charge on any atom is 0.251 e. The quantitative estimate of drug-likeness (QED) is 0.868. The molecule has 0 atom stereocenters. The summed E-state index contributed by atoms with van der Waals surface area (Å²) in [6.45, 7) is 6.36. The van der Waals surface area contributed by atoms with Gasteiger partial charge in [0.2, 0.25) is 0 Å². The Morgan fingerprint density at radius 3 is 2.56 bits per heavy atom. The van der Waals surface area contributed by atoms with Crippen LogP contribution in [0, 0.1) is 0 Å². The summed E-state index contributed by atoms with van der Waals surface area (Å²) in [4.78, 5) is 5.98. The molecule has 3 nitrogen and oxygen atoms in total. The van der Waals surface area contributed by atoms with Gasteiger partial charge in [-0.3, -0.25) is 4.90 Å². The molecule has 1 heterocycles. The summed E-state index contributed by atoms with van der Waals surface area (Å²) < 4.78 is 24.7. The highest BCUT2D eigenvalue weighted by molar-refractivity contribution is 7.09. The number of alkyl halides is 2. The molecule has 0 radical (unpaired) electrons. The second-order valence-electron chi connectivity index (χ2n) is 5.23. The Hall–Kier alpha value is -0.590. The van der Waals surface area contributed by atoms with Gasteiger partial charge in [0.1, 0.15) is 5.01 Å². The average Bonchev–Trinajstić information content (AvgIpc) is 2.64. The van der Waals surface area contributed by atoms with Crippen molar-refractivity contribution in [3.05, 3.63) is 16.1 Å². The molecule has 0 aliphatic rings. The molecule has 0 aliphatic heterocycles. The summed E-state index contributed by atoms with van der Waals surface area (Å²) in [5.41, 5.74) is 0.947. The second-order valence-corrected chi connectivity index (χ2v) is 6.17. The summed E-state index contributed by atoms with van der Waals surface area (Å²) in [5.74, 6) is 0. The molecule has 0 amide bonds. The third kappa shape index (κ3) is 4.96. The van der Waals surface area contributed by atoms with Gasteiger partial charge in [-0.1, -0.05) is 20.8 Å². The monoisotopic (exact) mass is 278 g/mol. The van der Waals surface area contributed by atoms with Gasteiger partial charge in [-0.05, 0) is 0 Å². The van der Waals surface area contributed by atoms with Crippen LogP contribution in [0.3, 0.4) is 0 Å². The Labute approximate surface area is 110 Å². The molecule has 0 aromatic carbocycles. The van der Waals surface area contributed by atoms with Crippen molar-refractivity contribution in [2.45, 2.75) is 39.2 Å². The molecular weight excluding hydrogens is 258 g/mol. The molecule has 0 bridgehead atoms. The predicted molar refractivity (Wildman–Crippen MR) is 69.2 cm³/mol. The van der Waals surface area contributed by atoms with Crippen molar-refractivity contribution in [3.63, 3.8) is 0 Å². The number of aliphatic hydroxyl groups is 1. The van der Waals surface area contributed by atoms with E-state index < -0.39 is 6.43 Å². The van der Waals surface area contributed by atoms with E-state index in [0.717, 1.165) is 10.7 Å². The third-order valence-electron chi connectivity index (χ3n) is 2.49. The topological polar surface area (TPSA) is 36.4 Å². The standard InChI is InChI=1S/C12H20F2N2OS/c1-12(2,3)9-8-18-11(15-9)7-16(4-5-17)6-10(13)14/h8,10,17H,4-7H2,1-3H3. The van der Waals surface area contributed by atoms with Crippen molar-refractivity contribution in [2.75, 3.05) is 19.7 Å². The van der Waals surface area contributed by atoms with Crippen LogP contribution in [0.2, 0.25) is 0 Å². The lowest BCUT2D eigenvalue weighted by atomic mass is 9.93. The van der Waals surface area contributed by atoms with E-state index in [1.807, 2.05) is 5.38 Å². The number of halogens is 2. The highest BCUT2D eigenvalue weighted by Crippen LogP contribution is 2.24. The molecule has 0 unspecified atom stereocenters. The van der Waals surface area contributed by atoms with Crippen LogP contribution in [0.15, 0.2) is 5.38 Å². The smallest absolute Gasteiger partial charge is 0.251 e.